The second kappa shape index (κ2) is 8.52. The number of aliphatic hydroxyl groups is 1. The Kier molecular flexibility index (Phi) is 6.39. The van der Waals surface area contributed by atoms with Gasteiger partial charge in [0.05, 0.1) is 6.10 Å². The van der Waals surface area contributed by atoms with Crippen molar-refractivity contribution in [2.45, 2.75) is 69.9 Å². The van der Waals surface area contributed by atoms with Gasteiger partial charge >= 0.3 is 6.03 Å². The number of piperidine rings is 1. The van der Waals surface area contributed by atoms with Gasteiger partial charge in [-0.1, -0.05) is 19.3 Å². The van der Waals surface area contributed by atoms with Gasteiger partial charge in [0.25, 0.3) is 0 Å². The van der Waals surface area contributed by atoms with Crippen molar-refractivity contribution in [2.24, 2.45) is 11.8 Å². The minimum Gasteiger partial charge on any atom is -0.391 e. The Morgan fingerprint density at radius 2 is 1.79 bits per heavy atom. The van der Waals surface area contributed by atoms with Gasteiger partial charge in [0.1, 0.15) is 0 Å². The summed E-state index contributed by atoms with van der Waals surface area (Å²) >= 11 is 0. The Morgan fingerprint density at radius 3 is 2.42 bits per heavy atom. The van der Waals surface area contributed by atoms with Gasteiger partial charge in [0.15, 0.2) is 0 Å². The Hall–Kier alpha value is -0.810. The van der Waals surface area contributed by atoms with E-state index in [0.29, 0.717) is 18.5 Å². The number of likely N-dealkylation sites (N-methyl/N-ethyl adjacent to an activating group) is 1. The van der Waals surface area contributed by atoms with Crippen LogP contribution in [0, 0.1) is 11.8 Å². The fourth-order valence-corrected chi connectivity index (χ4v) is 4.27. The predicted molar refractivity (Wildman–Crippen MR) is 95.9 cm³/mol. The molecule has 0 bridgehead atoms. The maximum absolute atomic E-state index is 12.3. The topological polar surface area (TPSA) is 55.8 Å². The van der Waals surface area contributed by atoms with Crippen LogP contribution in [-0.4, -0.2) is 66.3 Å². The molecule has 3 rings (SSSR count). The first-order valence-corrected chi connectivity index (χ1v) is 10.0. The SMILES string of the molecule is CN(CC(O)C1CC1)C(=O)NC1CCN(CC2CCCCC2)CC1. The molecule has 1 saturated heterocycles. The number of nitrogens with zero attached hydrogens (tertiary/aromatic N) is 2. The van der Waals surface area contributed by atoms with Crippen molar-refractivity contribution in [2.75, 3.05) is 33.2 Å². The monoisotopic (exact) mass is 337 g/mol. The molecule has 1 unspecified atom stereocenters. The highest BCUT2D eigenvalue weighted by molar-refractivity contribution is 5.74. The van der Waals surface area contributed by atoms with E-state index in [1.165, 1.54) is 38.6 Å². The minimum absolute atomic E-state index is 0.0274. The summed E-state index contributed by atoms with van der Waals surface area (Å²) in [5.74, 6) is 1.32. The van der Waals surface area contributed by atoms with Crippen LogP contribution in [-0.2, 0) is 0 Å². The number of nitrogens with one attached hydrogen (secondary N) is 1. The number of carbonyl (C=O) groups excluding carboxylic acids is 1. The van der Waals surface area contributed by atoms with Crippen LogP contribution < -0.4 is 5.32 Å². The standard InChI is InChI=1S/C19H35N3O2/c1-21(14-18(23)16-7-8-16)19(24)20-17-9-11-22(12-10-17)13-15-5-3-2-4-6-15/h15-18,23H,2-14H2,1H3,(H,20,24). The molecular weight excluding hydrogens is 302 g/mol. The Balaban J connectivity index is 1.33. The zero-order chi connectivity index (χ0) is 16.9. The number of hydrogen-bond donors (Lipinski definition) is 2. The van der Waals surface area contributed by atoms with Gasteiger partial charge in [-0.3, -0.25) is 0 Å². The second-order valence-electron chi connectivity index (χ2n) is 8.31. The molecule has 3 fully saturated rings. The fourth-order valence-electron chi connectivity index (χ4n) is 4.27. The van der Waals surface area contributed by atoms with E-state index >= 15 is 0 Å². The highest BCUT2D eigenvalue weighted by Gasteiger charge is 2.31. The first kappa shape index (κ1) is 18.0. The van der Waals surface area contributed by atoms with Crippen molar-refractivity contribution in [1.29, 1.82) is 0 Å². The summed E-state index contributed by atoms with van der Waals surface area (Å²) < 4.78 is 0. The second-order valence-corrected chi connectivity index (χ2v) is 8.31. The van der Waals surface area contributed by atoms with Crippen molar-refractivity contribution in [3.8, 4) is 0 Å². The molecular formula is C19H35N3O2. The van der Waals surface area contributed by atoms with Gasteiger partial charge in [0.2, 0.25) is 0 Å². The normalized spacial score (nSPS) is 25.4. The summed E-state index contributed by atoms with van der Waals surface area (Å²) in [5.41, 5.74) is 0. The molecule has 3 aliphatic rings. The average molecular weight is 338 g/mol. The highest BCUT2D eigenvalue weighted by Crippen LogP contribution is 2.32. The zero-order valence-electron chi connectivity index (χ0n) is 15.3. The molecule has 0 aromatic rings. The van der Waals surface area contributed by atoms with E-state index in [2.05, 4.69) is 10.2 Å². The number of urea groups is 1. The number of amides is 2. The molecule has 1 heterocycles. The van der Waals surface area contributed by atoms with Crippen LogP contribution in [0.25, 0.3) is 0 Å². The van der Waals surface area contributed by atoms with E-state index in [9.17, 15) is 9.90 Å². The summed E-state index contributed by atoms with van der Waals surface area (Å²) in [7, 11) is 1.79. The van der Waals surface area contributed by atoms with Gasteiger partial charge in [-0.15, -0.1) is 0 Å². The van der Waals surface area contributed by atoms with Gasteiger partial charge in [-0.05, 0) is 50.4 Å². The van der Waals surface area contributed by atoms with Gasteiger partial charge in [0, 0.05) is 39.3 Å². The lowest BCUT2D eigenvalue weighted by atomic mass is 9.88. The summed E-state index contributed by atoms with van der Waals surface area (Å²) in [6, 6.07) is 0.265. The predicted octanol–water partition coefficient (Wildman–Crippen LogP) is 2.44. The summed E-state index contributed by atoms with van der Waals surface area (Å²) in [6.07, 6.45) is 11.0. The third-order valence-electron chi connectivity index (χ3n) is 6.13. The van der Waals surface area contributed by atoms with Crippen molar-refractivity contribution in [1.82, 2.24) is 15.1 Å². The van der Waals surface area contributed by atoms with Crippen LogP contribution in [0.5, 0.6) is 0 Å². The third-order valence-corrected chi connectivity index (χ3v) is 6.13. The lowest BCUT2D eigenvalue weighted by Gasteiger charge is -2.36. The van der Waals surface area contributed by atoms with Crippen LogP contribution in [0.3, 0.4) is 0 Å². The Morgan fingerprint density at radius 1 is 1.12 bits per heavy atom. The van der Waals surface area contributed by atoms with E-state index in [4.69, 9.17) is 0 Å². The van der Waals surface area contributed by atoms with Crippen LogP contribution in [0.2, 0.25) is 0 Å². The fraction of sp³-hybridized carbons (Fsp3) is 0.947. The summed E-state index contributed by atoms with van der Waals surface area (Å²) in [5, 5.41) is 13.1. The van der Waals surface area contributed by atoms with E-state index in [1.807, 2.05) is 0 Å². The molecule has 1 atom stereocenters. The average Bonchev–Trinajstić information content (AvgIpc) is 3.42. The number of carbonyl (C=O) groups is 1. The molecule has 2 saturated carbocycles. The highest BCUT2D eigenvalue weighted by atomic mass is 16.3. The van der Waals surface area contributed by atoms with Crippen LogP contribution in [0.4, 0.5) is 4.79 Å². The molecule has 2 aliphatic carbocycles. The van der Waals surface area contributed by atoms with E-state index in [-0.39, 0.29) is 12.1 Å². The van der Waals surface area contributed by atoms with Gasteiger partial charge in [-0.25, -0.2) is 4.79 Å². The number of aliphatic hydroxyl groups excluding tert-OH is 1. The summed E-state index contributed by atoms with van der Waals surface area (Å²) in [4.78, 5) is 16.5. The quantitative estimate of drug-likeness (QED) is 0.783. The van der Waals surface area contributed by atoms with Gasteiger partial charge in [-0.2, -0.15) is 0 Å². The van der Waals surface area contributed by atoms with Crippen LogP contribution in [0.1, 0.15) is 57.8 Å². The van der Waals surface area contributed by atoms with Gasteiger partial charge < -0.3 is 20.2 Å². The van der Waals surface area contributed by atoms with Crippen molar-refractivity contribution in [3.05, 3.63) is 0 Å². The van der Waals surface area contributed by atoms with Crippen molar-refractivity contribution < 1.29 is 9.90 Å². The first-order chi connectivity index (χ1) is 11.6. The van der Waals surface area contributed by atoms with Crippen LogP contribution in [0.15, 0.2) is 0 Å². The maximum atomic E-state index is 12.3. The number of likely N-dealkylation sites (tertiary alicyclic amines) is 1. The molecule has 0 aromatic carbocycles. The molecule has 0 radical (unpaired) electrons. The number of hydrogen-bond acceptors (Lipinski definition) is 3. The van der Waals surface area contributed by atoms with Crippen LogP contribution >= 0.6 is 0 Å². The Labute approximate surface area is 146 Å². The molecule has 138 valence electrons. The zero-order valence-corrected chi connectivity index (χ0v) is 15.3. The molecule has 2 amide bonds. The third kappa shape index (κ3) is 5.35. The molecule has 2 N–H and O–H groups in total. The maximum Gasteiger partial charge on any atom is 0.317 e. The smallest absolute Gasteiger partial charge is 0.317 e. The summed E-state index contributed by atoms with van der Waals surface area (Å²) in [6.45, 7) is 3.93. The minimum atomic E-state index is -0.349. The van der Waals surface area contributed by atoms with E-state index < -0.39 is 0 Å². The molecule has 5 heteroatoms. The Bertz CT molecular complexity index is 399. The van der Waals surface area contributed by atoms with Crippen molar-refractivity contribution >= 4 is 6.03 Å². The van der Waals surface area contributed by atoms with E-state index in [0.717, 1.165) is 44.7 Å². The molecule has 24 heavy (non-hydrogen) atoms. The lowest BCUT2D eigenvalue weighted by molar-refractivity contribution is 0.109. The largest absolute Gasteiger partial charge is 0.391 e. The van der Waals surface area contributed by atoms with Crippen molar-refractivity contribution in [3.63, 3.8) is 0 Å². The molecule has 1 aliphatic heterocycles. The molecule has 5 nitrogen and oxygen atoms in total. The van der Waals surface area contributed by atoms with E-state index in [1.54, 1.807) is 11.9 Å². The first-order valence-electron chi connectivity index (χ1n) is 10.0. The number of rotatable bonds is 6. The molecule has 0 aromatic heterocycles. The molecule has 0 spiro atoms. The lowest BCUT2D eigenvalue weighted by Crippen LogP contribution is -2.50.